The Balaban J connectivity index is 1.62. The summed E-state index contributed by atoms with van der Waals surface area (Å²) < 4.78 is 16.0. The Morgan fingerprint density at radius 1 is 0.938 bits per heavy atom. The summed E-state index contributed by atoms with van der Waals surface area (Å²) in [5.41, 5.74) is 0.237. The van der Waals surface area contributed by atoms with Gasteiger partial charge in [0.1, 0.15) is 41.8 Å². The van der Waals surface area contributed by atoms with E-state index in [1.54, 1.807) is 0 Å². The van der Waals surface area contributed by atoms with E-state index in [0.717, 1.165) is 0 Å². The van der Waals surface area contributed by atoms with Crippen molar-refractivity contribution in [3.63, 3.8) is 0 Å². The summed E-state index contributed by atoms with van der Waals surface area (Å²) in [6, 6.07) is 8.06. The molecule has 0 amide bonds. The number of hydrogen-bond donors (Lipinski definition) is 7. The minimum absolute atomic E-state index is 0.146. The van der Waals surface area contributed by atoms with Crippen LogP contribution in [-0.4, -0.2) is 79.0 Å². The lowest BCUT2D eigenvalue weighted by molar-refractivity contribution is -0.277. The molecule has 0 bridgehead atoms. The van der Waals surface area contributed by atoms with Crippen LogP contribution in [0.15, 0.2) is 36.4 Å². The number of carbonyl (C=O) groups excluding carboxylic acids is 1. The van der Waals surface area contributed by atoms with E-state index in [1.165, 1.54) is 36.4 Å². The number of aliphatic hydroxyl groups is 5. The molecule has 4 rings (SSSR count). The highest BCUT2D eigenvalue weighted by atomic mass is 16.7. The molecular formula is C21H22O11. The number of aromatic hydroxyl groups is 2. The van der Waals surface area contributed by atoms with E-state index in [0.29, 0.717) is 0 Å². The molecule has 2 aromatic rings. The van der Waals surface area contributed by atoms with Crippen LogP contribution in [-0.2, 0) is 9.47 Å². The number of aliphatic hydroxyl groups excluding tert-OH is 5. The maximum atomic E-state index is 12.4. The fourth-order valence-corrected chi connectivity index (χ4v) is 3.77. The molecule has 2 unspecified atom stereocenters. The average molecular weight is 450 g/mol. The standard InChI is InChI=1S/C21H22O11/c22-7-13-16(26)17(27)18(28)21(31-13)30-12-6-8(4-5-10(12)23)19-15(25)9-2-1-3-11(24)14(9)20(29)32-19/h1-6,13,15-19,21-28H,7H2/t13-,15?,16-,17+,18-,19?,21-/m1/s1. The quantitative estimate of drug-likeness (QED) is 0.290. The third kappa shape index (κ3) is 3.75. The summed E-state index contributed by atoms with van der Waals surface area (Å²) in [6.45, 7) is -0.659. The van der Waals surface area contributed by atoms with Crippen LogP contribution in [0.5, 0.6) is 17.2 Å². The molecule has 2 aliphatic rings. The first-order valence-electron chi connectivity index (χ1n) is 9.74. The molecule has 1 saturated heterocycles. The molecule has 7 atom stereocenters. The second-order valence-electron chi connectivity index (χ2n) is 7.55. The van der Waals surface area contributed by atoms with Crippen LogP contribution in [0.1, 0.15) is 33.7 Å². The maximum absolute atomic E-state index is 12.4. The number of benzene rings is 2. The minimum atomic E-state index is -1.70. The summed E-state index contributed by atoms with van der Waals surface area (Å²) in [7, 11) is 0. The van der Waals surface area contributed by atoms with Crippen molar-refractivity contribution in [1.29, 1.82) is 0 Å². The van der Waals surface area contributed by atoms with Gasteiger partial charge in [0.15, 0.2) is 17.6 Å². The van der Waals surface area contributed by atoms with Crippen LogP contribution >= 0.6 is 0 Å². The highest BCUT2D eigenvalue weighted by Gasteiger charge is 2.45. The molecule has 172 valence electrons. The Hall–Kier alpha value is -2.93. The summed E-state index contributed by atoms with van der Waals surface area (Å²) in [6.07, 6.45) is -10.3. The van der Waals surface area contributed by atoms with E-state index in [1.807, 2.05) is 0 Å². The minimum Gasteiger partial charge on any atom is -0.507 e. The molecule has 7 N–H and O–H groups in total. The van der Waals surface area contributed by atoms with E-state index >= 15 is 0 Å². The third-order valence-corrected chi connectivity index (χ3v) is 5.52. The monoisotopic (exact) mass is 450 g/mol. The Labute approximate surface area is 181 Å². The van der Waals surface area contributed by atoms with E-state index in [4.69, 9.17) is 14.2 Å². The van der Waals surface area contributed by atoms with Crippen molar-refractivity contribution in [3.8, 4) is 17.2 Å². The number of phenolic OH excluding ortho intramolecular Hbond substituents is 2. The molecule has 2 heterocycles. The average Bonchev–Trinajstić information content (AvgIpc) is 2.78. The van der Waals surface area contributed by atoms with Gasteiger partial charge < -0.3 is 50.0 Å². The first kappa shape index (κ1) is 22.3. The van der Waals surface area contributed by atoms with Gasteiger partial charge in [0.25, 0.3) is 0 Å². The Bertz CT molecular complexity index is 1010. The number of esters is 1. The van der Waals surface area contributed by atoms with Crippen LogP contribution < -0.4 is 4.74 Å². The lowest BCUT2D eigenvalue weighted by atomic mass is 9.91. The van der Waals surface area contributed by atoms with E-state index in [9.17, 15) is 40.5 Å². The molecule has 0 spiro atoms. The number of phenols is 2. The van der Waals surface area contributed by atoms with E-state index in [-0.39, 0.29) is 33.9 Å². The highest BCUT2D eigenvalue weighted by molar-refractivity contribution is 5.95. The van der Waals surface area contributed by atoms with E-state index in [2.05, 4.69) is 0 Å². The number of ether oxygens (including phenoxy) is 3. The van der Waals surface area contributed by atoms with Gasteiger partial charge in [-0.15, -0.1) is 0 Å². The maximum Gasteiger partial charge on any atom is 0.343 e. The topological polar surface area (TPSA) is 186 Å². The predicted molar refractivity (Wildman–Crippen MR) is 104 cm³/mol. The van der Waals surface area contributed by atoms with Crippen molar-refractivity contribution in [1.82, 2.24) is 0 Å². The van der Waals surface area contributed by atoms with Crippen LogP contribution in [0, 0.1) is 0 Å². The van der Waals surface area contributed by atoms with Crippen LogP contribution in [0.4, 0.5) is 0 Å². The van der Waals surface area contributed by atoms with Crippen LogP contribution in [0.2, 0.25) is 0 Å². The van der Waals surface area contributed by atoms with Crippen molar-refractivity contribution in [2.45, 2.75) is 42.9 Å². The molecule has 11 heteroatoms. The zero-order valence-corrected chi connectivity index (χ0v) is 16.5. The fourth-order valence-electron chi connectivity index (χ4n) is 3.77. The second-order valence-corrected chi connectivity index (χ2v) is 7.55. The molecule has 0 saturated carbocycles. The van der Waals surface area contributed by atoms with Gasteiger partial charge in [-0.05, 0) is 23.8 Å². The van der Waals surface area contributed by atoms with Gasteiger partial charge in [0, 0.05) is 5.56 Å². The molecule has 0 aromatic heterocycles. The first-order valence-corrected chi connectivity index (χ1v) is 9.74. The largest absolute Gasteiger partial charge is 0.507 e. The summed E-state index contributed by atoms with van der Waals surface area (Å²) >= 11 is 0. The molecule has 32 heavy (non-hydrogen) atoms. The zero-order valence-electron chi connectivity index (χ0n) is 16.5. The third-order valence-electron chi connectivity index (χ3n) is 5.52. The number of carbonyl (C=O) groups is 1. The van der Waals surface area contributed by atoms with E-state index < -0.39 is 55.5 Å². The molecule has 11 nitrogen and oxygen atoms in total. The molecule has 0 aliphatic carbocycles. The van der Waals surface area contributed by atoms with Gasteiger partial charge in [-0.25, -0.2) is 4.79 Å². The Morgan fingerprint density at radius 2 is 1.69 bits per heavy atom. The summed E-state index contributed by atoms with van der Waals surface area (Å²) in [5.74, 6) is -1.81. The Morgan fingerprint density at radius 3 is 2.41 bits per heavy atom. The summed E-state index contributed by atoms with van der Waals surface area (Å²) in [4.78, 5) is 12.4. The van der Waals surface area contributed by atoms with Gasteiger partial charge in [-0.3, -0.25) is 0 Å². The Kier molecular flexibility index (Phi) is 5.95. The lowest BCUT2D eigenvalue weighted by Gasteiger charge is -2.39. The predicted octanol–water partition coefficient (Wildman–Crippen LogP) is -0.778. The van der Waals surface area contributed by atoms with Crippen molar-refractivity contribution >= 4 is 5.97 Å². The summed E-state index contributed by atoms with van der Waals surface area (Å²) in [5, 5.41) is 70.0. The lowest BCUT2D eigenvalue weighted by Crippen LogP contribution is -2.60. The van der Waals surface area contributed by atoms with Gasteiger partial charge in [0.2, 0.25) is 6.29 Å². The van der Waals surface area contributed by atoms with Crippen molar-refractivity contribution in [2.75, 3.05) is 6.61 Å². The van der Waals surface area contributed by atoms with Gasteiger partial charge in [-0.1, -0.05) is 18.2 Å². The van der Waals surface area contributed by atoms with Crippen molar-refractivity contribution in [2.24, 2.45) is 0 Å². The van der Waals surface area contributed by atoms with Gasteiger partial charge in [-0.2, -0.15) is 0 Å². The molecule has 2 aliphatic heterocycles. The van der Waals surface area contributed by atoms with Crippen LogP contribution in [0.25, 0.3) is 0 Å². The number of cyclic esters (lactones) is 1. The SMILES string of the molecule is O=C1OC(c2ccc(O)c(O[C@@H]3O[C@H](CO)[C@@H](O)[C@H](O)[C@H]3O)c2)C(O)c2cccc(O)c21. The molecule has 2 aromatic carbocycles. The normalized spacial score (nSPS) is 32.2. The van der Waals surface area contributed by atoms with Crippen LogP contribution in [0.3, 0.4) is 0 Å². The van der Waals surface area contributed by atoms with Crippen molar-refractivity contribution < 1.29 is 54.8 Å². The first-order chi connectivity index (χ1) is 15.2. The van der Waals surface area contributed by atoms with Gasteiger partial charge in [0.05, 0.1) is 6.61 Å². The highest BCUT2D eigenvalue weighted by Crippen LogP contribution is 2.43. The second kappa shape index (κ2) is 8.54. The number of rotatable bonds is 4. The zero-order chi connectivity index (χ0) is 23.2. The number of fused-ring (bicyclic) bond motifs is 1. The smallest absolute Gasteiger partial charge is 0.343 e. The molecular weight excluding hydrogens is 428 g/mol. The molecule has 1 fully saturated rings. The fraction of sp³-hybridized carbons (Fsp3) is 0.381. The van der Waals surface area contributed by atoms with Crippen molar-refractivity contribution in [3.05, 3.63) is 53.1 Å². The molecule has 0 radical (unpaired) electrons. The van der Waals surface area contributed by atoms with Gasteiger partial charge >= 0.3 is 5.97 Å². The number of hydrogen-bond acceptors (Lipinski definition) is 11.